The van der Waals surface area contributed by atoms with Gasteiger partial charge in [0.05, 0.1) is 19.1 Å². The first kappa shape index (κ1) is 31.8. The standard InChI is InChI=1S/C39H45BF2N2O2/c1-7-31-33(9-3)38-35(26-16-14-13-15-17-26)39-34(10-4)32(8-2)37(28-20-24-30(25-21-28)46-12-6)44(39)40(41,42)43(38)36(31)27-18-22-29(23-19-27)45-11-5/h13-25,35,38H,7-12H2,1-6H3. The summed E-state index contributed by atoms with van der Waals surface area (Å²) in [5.41, 5.74) is 8.86. The third kappa shape index (κ3) is 4.99. The van der Waals surface area contributed by atoms with Crippen LogP contribution in [0.1, 0.15) is 88.2 Å². The van der Waals surface area contributed by atoms with Crippen LogP contribution in [0.4, 0.5) is 8.63 Å². The molecule has 0 N–H and O–H groups in total. The van der Waals surface area contributed by atoms with Crippen LogP contribution >= 0.6 is 0 Å². The van der Waals surface area contributed by atoms with Crippen LogP contribution in [0.5, 0.6) is 11.5 Å². The zero-order valence-electron chi connectivity index (χ0n) is 27.9. The van der Waals surface area contributed by atoms with Crippen molar-refractivity contribution in [3.05, 3.63) is 118 Å². The molecule has 3 aromatic carbocycles. The minimum Gasteiger partial charge on any atom is -0.494 e. The normalized spacial score (nSPS) is 18.5. The molecule has 7 heteroatoms. The van der Waals surface area contributed by atoms with Gasteiger partial charge in [-0.05, 0) is 110 Å². The molecular formula is C39H45BF2N2O2. The molecule has 3 heterocycles. The molecule has 2 aliphatic heterocycles. The average molecular weight is 623 g/mol. The highest BCUT2D eigenvalue weighted by molar-refractivity contribution is 6.58. The fourth-order valence-electron chi connectivity index (χ4n) is 8.13. The van der Waals surface area contributed by atoms with Crippen LogP contribution in [-0.2, 0) is 12.8 Å². The van der Waals surface area contributed by atoms with Crippen molar-refractivity contribution in [1.82, 2.24) is 4.48 Å². The number of halogens is 2. The fourth-order valence-corrected chi connectivity index (χ4v) is 8.13. The van der Waals surface area contributed by atoms with E-state index >= 15 is 8.63 Å². The highest BCUT2D eigenvalue weighted by Crippen LogP contribution is 2.51. The van der Waals surface area contributed by atoms with Crippen molar-refractivity contribution >= 4 is 12.7 Å². The van der Waals surface area contributed by atoms with E-state index in [1.54, 1.807) is 0 Å². The van der Waals surface area contributed by atoms with Crippen LogP contribution in [0.2, 0.25) is 0 Å². The van der Waals surface area contributed by atoms with Gasteiger partial charge in [-0.3, -0.25) is 0 Å². The number of hydrogen-bond acceptors (Lipinski definition) is 2. The Hall–Kier alpha value is -4.13. The largest absolute Gasteiger partial charge is 0.732 e. The summed E-state index contributed by atoms with van der Waals surface area (Å²) in [5, 5.41) is 0. The summed E-state index contributed by atoms with van der Waals surface area (Å²) in [7, 11) is 0. The van der Waals surface area contributed by atoms with Crippen LogP contribution in [0, 0.1) is 0 Å². The Bertz CT molecular complexity index is 1770. The lowest BCUT2D eigenvalue weighted by molar-refractivity contribution is -0.462. The van der Waals surface area contributed by atoms with Crippen molar-refractivity contribution in [2.24, 2.45) is 0 Å². The summed E-state index contributed by atoms with van der Waals surface area (Å²) in [5.74, 6) is 1.21. The van der Waals surface area contributed by atoms with Crippen molar-refractivity contribution in [2.45, 2.75) is 79.2 Å². The first-order chi connectivity index (χ1) is 22.4. The summed E-state index contributed by atoms with van der Waals surface area (Å²) < 4.78 is 50.6. The van der Waals surface area contributed by atoms with Crippen molar-refractivity contribution in [3.63, 3.8) is 0 Å². The molecule has 1 aromatic heterocycles. The average Bonchev–Trinajstić information content (AvgIpc) is 3.60. The van der Waals surface area contributed by atoms with Crippen LogP contribution < -0.4 is 9.47 Å². The van der Waals surface area contributed by atoms with Gasteiger partial charge in [0.1, 0.15) is 17.5 Å². The molecule has 0 radical (unpaired) electrons. The summed E-state index contributed by atoms with van der Waals surface area (Å²) in [6.07, 6.45) is 2.72. The van der Waals surface area contributed by atoms with Gasteiger partial charge in [-0.15, -0.1) is 0 Å². The third-order valence-corrected chi connectivity index (χ3v) is 9.78. The molecule has 2 unspecified atom stereocenters. The maximum atomic E-state index is 18.1. The first-order valence-electron chi connectivity index (χ1n) is 17.0. The molecule has 0 bridgehead atoms. The molecule has 0 amide bonds. The molecule has 240 valence electrons. The summed E-state index contributed by atoms with van der Waals surface area (Å²) in [6.45, 7) is 9.14. The minimum atomic E-state index is -4.27. The second kappa shape index (κ2) is 12.9. The van der Waals surface area contributed by atoms with Gasteiger partial charge in [0.2, 0.25) is 0 Å². The smallest absolute Gasteiger partial charge is 0.494 e. The van der Waals surface area contributed by atoms with E-state index < -0.39 is 13.0 Å². The molecule has 2 atom stereocenters. The van der Waals surface area contributed by atoms with Crippen LogP contribution in [0.15, 0.2) is 90.0 Å². The Morgan fingerprint density at radius 1 is 0.674 bits per heavy atom. The maximum Gasteiger partial charge on any atom is 0.732 e. The van der Waals surface area contributed by atoms with Gasteiger partial charge in [0.15, 0.2) is 5.71 Å². The van der Waals surface area contributed by atoms with Crippen molar-refractivity contribution in [2.75, 3.05) is 13.2 Å². The van der Waals surface area contributed by atoms with Gasteiger partial charge >= 0.3 is 6.97 Å². The van der Waals surface area contributed by atoms with E-state index in [-0.39, 0.29) is 5.92 Å². The zero-order valence-corrected chi connectivity index (χ0v) is 27.9. The predicted octanol–water partition coefficient (Wildman–Crippen LogP) is 9.45. The van der Waals surface area contributed by atoms with E-state index in [0.29, 0.717) is 50.3 Å². The Balaban J connectivity index is 1.73. The molecule has 46 heavy (non-hydrogen) atoms. The van der Waals surface area contributed by atoms with E-state index in [1.807, 2.05) is 80.6 Å². The number of aromatic nitrogens is 1. The van der Waals surface area contributed by atoms with Crippen LogP contribution in [-0.4, -0.2) is 40.9 Å². The molecule has 0 saturated heterocycles. The molecule has 2 aliphatic rings. The lowest BCUT2D eigenvalue weighted by Gasteiger charge is -2.42. The summed E-state index contributed by atoms with van der Waals surface area (Å²) in [6, 6.07) is 25.2. The molecule has 4 nitrogen and oxygen atoms in total. The predicted molar refractivity (Wildman–Crippen MR) is 185 cm³/mol. The van der Waals surface area contributed by atoms with E-state index in [0.717, 1.165) is 56.2 Å². The highest BCUT2D eigenvalue weighted by atomic mass is 19.2. The van der Waals surface area contributed by atoms with Gasteiger partial charge in [-0.1, -0.05) is 58.0 Å². The molecule has 0 fully saturated rings. The number of benzene rings is 3. The molecule has 0 spiro atoms. The topological polar surface area (TPSA) is 26.4 Å². The number of fused-ring (bicyclic) bond motifs is 2. The number of nitrogens with zero attached hydrogens (tertiary/aromatic N) is 2. The fraction of sp³-hybridized carbons (Fsp3) is 0.359. The quantitative estimate of drug-likeness (QED) is 0.156. The Morgan fingerprint density at radius 3 is 1.74 bits per heavy atom. The van der Waals surface area contributed by atoms with Crippen LogP contribution in [0.3, 0.4) is 0 Å². The molecule has 0 saturated carbocycles. The van der Waals surface area contributed by atoms with Gasteiger partial charge in [-0.25, -0.2) is 0 Å². The second-order valence-corrected chi connectivity index (χ2v) is 12.1. The molecular weight excluding hydrogens is 577 g/mol. The van der Waals surface area contributed by atoms with E-state index in [9.17, 15) is 0 Å². The molecule has 0 aliphatic carbocycles. The SMILES string of the molecule is CCOc1ccc(C2=[N+]3C(C(CC)=C2CC)C(c2ccccc2)c2c(CC)c(CC)c(-c4ccc(OCC)cc4)n2[B-]3(F)F)cc1. The number of allylic oxidation sites excluding steroid dienone is 1. The number of hydrogen-bond donors (Lipinski definition) is 0. The van der Waals surface area contributed by atoms with E-state index in [4.69, 9.17) is 9.47 Å². The van der Waals surface area contributed by atoms with Gasteiger partial charge in [0, 0.05) is 28.1 Å². The Labute approximate surface area is 272 Å². The third-order valence-electron chi connectivity index (χ3n) is 9.78. The maximum absolute atomic E-state index is 18.1. The van der Waals surface area contributed by atoms with Gasteiger partial charge in [0.25, 0.3) is 0 Å². The Morgan fingerprint density at radius 2 is 1.24 bits per heavy atom. The lowest BCUT2D eigenvalue weighted by atomic mass is 9.74. The number of ether oxygens (including phenoxy) is 2. The minimum absolute atomic E-state index is 0.268. The summed E-state index contributed by atoms with van der Waals surface area (Å²) in [4.78, 5) is 0. The van der Waals surface area contributed by atoms with Crippen molar-refractivity contribution < 1.29 is 22.6 Å². The summed E-state index contributed by atoms with van der Waals surface area (Å²) >= 11 is 0. The van der Waals surface area contributed by atoms with E-state index in [2.05, 4.69) is 39.8 Å². The van der Waals surface area contributed by atoms with Crippen LogP contribution in [0.25, 0.3) is 11.3 Å². The lowest BCUT2D eigenvalue weighted by Crippen LogP contribution is -2.59. The Kier molecular flexibility index (Phi) is 8.96. The zero-order chi connectivity index (χ0) is 32.6. The number of rotatable bonds is 11. The monoisotopic (exact) mass is 622 g/mol. The highest BCUT2D eigenvalue weighted by Gasteiger charge is 2.62. The van der Waals surface area contributed by atoms with Gasteiger partial charge in [-0.2, -0.15) is 0 Å². The van der Waals surface area contributed by atoms with E-state index in [1.165, 1.54) is 8.96 Å². The van der Waals surface area contributed by atoms with Gasteiger partial charge < -0.3 is 27.1 Å². The first-order valence-corrected chi connectivity index (χ1v) is 17.0. The van der Waals surface area contributed by atoms with Crippen molar-refractivity contribution in [1.29, 1.82) is 0 Å². The molecule has 4 aromatic rings. The second-order valence-electron chi connectivity index (χ2n) is 12.1. The van der Waals surface area contributed by atoms with Crippen molar-refractivity contribution in [3.8, 4) is 22.8 Å². The molecule has 6 rings (SSSR count).